The number of carbonyl (C=O) groups is 1. The molecule has 5 heteroatoms. The number of fused-ring (bicyclic) bond motifs is 1. The lowest BCUT2D eigenvalue weighted by molar-refractivity contribution is -0.121. The maximum atomic E-state index is 11.9. The van der Waals surface area contributed by atoms with Gasteiger partial charge in [0, 0.05) is 18.0 Å². The highest BCUT2D eigenvalue weighted by Gasteiger charge is 2.15. The third-order valence-corrected chi connectivity index (χ3v) is 3.41. The Bertz CT molecular complexity index is 565. The highest BCUT2D eigenvalue weighted by atomic mass is 16.3. The molecule has 0 fully saturated rings. The number of aliphatic hydroxyl groups excluding tert-OH is 1. The number of hydrogen-bond donors (Lipinski definition) is 3. The number of carbonyl (C=O) groups excluding carboxylic acids is 1. The number of nitrogens with one attached hydrogen (secondary N) is 2. The molecule has 2 atom stereocenters. The van der Waals surface area contributed by atoms with Crippen molar-refractivity contribution >= 4 is 16.8 Å². The Balaban J connectivity index is 2.03. The lowest BCUT2D eigenvalue weighted by atomic mass is 10.0. The Morgan fingerprint density at radius 2 is 2.16 bits per heavy atom. The zero-order valence-electron chi connectivity index (χ0n) is 11.2. The molecular weight excluding hydrogens is 242 g/mol. The van der Waals surface area contributed by atoms with Crippen LogP contribution in [0, 0.1) is 5.92 Å². The smallest absolute Gasteiger partial charge is 0.226 e. The first-order valence-corrected chi connectivity index (χ1v) is 6.44. The Labute approximate surface area is 112 Å². The second-order valence-corrected chi connectivity index (χ2v) is 4.91. The molecule has 5 nitrogen and oxygen atoms in total. The van der Waals surface area contributed by atoms with Crippen LogP contribution in [0.25, 0.3) is 10.9 Å². The van der Waals surface area contributed by atoms with E-state index >= 15 is 0 Å². The molecule has 0 aliphatic carbocycles. The van der Waals surface area contributed by atoms with Crippen LogP contribution in [0.2, 0.25) is 0 Å². The molecule has 0 spiro atoms. The van der Waals surface area contributed by atoms with E-state index in [-0.39, 0.29) is 30.9 Å². The first kappa shape index (κ1) is 13.5. The highest BCUT2D eigenvalue weighted by Crippen LogP contribution is 2.15. The van der Waals surface area contributed by atoms with Crippen LogP contribution in [0.5, 0.6) is 0 Å². The van der Waals surface area contributed by atoms with Crippen molar-refractivity contribution in [2.24, 2.45) is 5.92 Å². The number of aromatic nitrogens is 2. The number of H-pyrrole nitrogens is 1. The van der Waals surface area contributed by atoms with Crippen LogP contribution in [0.1, 0.15) is 19.5 Å². The molecule has 1 heterocycles. The van der Waals surface area contributed by atoms with Crippen LogP contribution in [0.4, 0.5) is 0 Å². The molecule has 2 aromatic rings. The van der Waals surface area contributed by atoms with Gasteiger partial charge in [-0.2, -0.15) is 5.10 Å². The summed E-state index contributed by atoms with van der Waals surface area (Å²) in [4.78, 5) is 11.9. The van der Waals surface area contributed by atoms with E-state index in [1.54, 1.807) is 0 Å². The van der Waals surface area contributed by atoms with Crippen molar-refractivity contribution in [3.63, 3.8) is 0 Å². The predicted molar refractivity (Wildman–Crippen MR) is 73.7 cm³/mol. The van der Waals surface area contributed by atoms with Crippen molar-refractivity contribution in [3.8, 4) is 0 Å². The topological polar surface area (TPSA) is 78.0 Å². The first-order chi connectivity index (χ1) is 9.11. The molecule has 0 radical (unpaired) electrons. The molecule has 0 saturated heterocycles. The van der Waals surface area contributed by atoms with Gasteiger partial charge in [-0.1, -0.05) is 25.1 Å². The normalized spacial score (nSPS) is 14.3. The molecule has 102 valence electrons. The number of rotatable bonds is 5. The molecule has 2 unspecified atom stereocenters. The Morgan fingerprint density at radius 3 is 2.89 bits per heavy atom. The number of nitrogens with zero attached hydrogens (tertiary/aromatic N) is 1. The van der Waals surface area contributed by atoms with Gasteiger partial charge in [-0.15, -0.1) is 0 Å². The van der Waals surface area contributed by atoms with Gasteiger partial charge < -0.3 is 10.4 Å². The first-order valence-electron chi connectivity index (χ1n) is 6.44. The van der Waals surface area contributed by atoms with Crippen LogP contribution >= 0.6 is 0 Å². The fourth-order valence-electron chi connectivity index (χ4n) is 1.91. The summed E-state index contributed by atoms with van der Waals surface area (Å²) in [6.07, 6.45) is 0.267. The largest absolute Gasteiger partial charge is 0.396 e. The lowest BCUT2D eigenvalue weighted by Gasteiger charge is -2.18. The minimum absolute atomic E-state index is 0.0439. The van der Waals surface area contributed by atoms with E-state index in [9.17, 15) is 4.79 Å². The van der Waals surface area contributed by atoms with E-state index < -0.39 is 0 Å². The van der Waals surface area contributed by atoms with Gasteiger partial charge in [0.2, 0.25) is 5.91 Å². The van der Waals surface area contributed by atoms with Crippen LogP contribution in [-0.4, -0.2) is 33.9 Å². The SMILES string of the molecule is CC(CO)C(C)NC(=O)Cc1[nH]nc2ccccc12. The zero-order valence-corrected chi connectivity index (χ0v) is 11.2. The number of para-hydroxylation sites is 1. The summed E-state index contributed by atoms with van der Waals surface area (Å²) < 4.78 is 0. The van der Waals surface area contributed by atoms with E-state index in [1.165, 1.54) is 0 Å². The fourth-order valence-corrected chi connectivity index (χ4v) is 1.91. The van der Waals surface area contributed by atoms with Crippen molar-refractivity contribution in [2.75, 3.05) is 6.61 Å². The molecular formula is C14H19N3O2. The molecule has 0 aliphatic rings. The van der Waals surface area contributed by atoms with E-state index in [2.05, 4.69) is 15.5 Å². The molecule has 3 N–H and O–H groups in total. The van der Waals surface area contributed by atoms with Gasteiger partial charge in [0.05, 0.1) is 17.6 Å². The van der Waals surface area contributed by atoms with Crippen molar-refractivity contribution in [1.29, 1.82) is 0 Å². The summed E-state index contributed by atoms with van der Waals surface area (Å²) in [6.45, 7) is 3.86. The Morgan fingerprint density at radius 1 is 1.42 bits per heavy atom. The van der Waals surface area contributed by atoms with Crippen molar-refractivity contribution < 1.29 is 9.90 Å². The third kappa shape index (κ3) is 3.12. The standard InChI is InChI=1S/C14H19N3O2/c1-9(8-18)10(2)15-14(19)7-13-11-5-3-4-6-12(11)16-17-13/h3-6,9-10,18H,7-8H2,1-2H3,(H,15,19)(H,16,17). The summed E-state index contributed by atoms with van der Waals surface area (Å²) in [6, 6.07) is 7.64. The molecule has 1 aromatic heterocycles. The number of benzene rings is 1. The quantitative estimate of drug-likeness (QED) is 0.757. The average Bonchev–Trinajstić information content (AvgIpc) is 2.81. The van der Waals surface area contributed by atoms with Gasteiger partial charge in [0.25, 0.3) is 0 Å². The summed E-state index contributed by atoms with van der Waals surface area (Å²) in [7, 11) is 0. The Hall–Kier alpha value is -1.88. The second kappa shape index (κ2) is 5.84. The predicted octanol–water partition coefficient (Wildman–Crippen LogP) is 1.24. The monoisotopic (exact) mass is 261 g/mol. The van der Waals surface area contributed by atoms with Gasteiger partial charge in [0.15, 0.2) is 0 Å². The molecule has 19 heavy (non-hydrogen) atoms. The minimum Gasteiger partial charge on any atom is -0.396 e. The molecule has 1 amide bonds. The number of hydrogen-bond acceptors (Lipinski definition) is 3. The maximum Gasteiger partial charge on any atom is 0.226 e. The molecule has 2 rings (SSSR count). The molecule has 0 saturated carbocycles. The van der Waals surface area contributed by atoms with Crippen LogP contribution < -0.4 is 5.32 Å². The van der Waals surface area contributed by atoms with E-state index in [1.807, 2.05) is 38.1 Å². The number of amides is 1. The highest BCUT2D eigenvalue weighted by molar-refractivity contribution is 5.87. The van der Waals surface area contributed by atoms with Crippen LogP contribution in [-0.2, 0) is 11.2 Å². The lowest BCUT2D eigenvalue weighted by Crippen LogP contribution is -2.39. The van der Waals surface area contributed by atoms with Gasteiger partial charge in [-0.3, -0.25) is 9.89 Å². The number of aliphatic hydroxyl groups is 1. The van der Waals surface area contributed by atoms with Gasteiger partial charge in [0.1, 0.15) is 0 Å². The number of aromatic amines is 1. The van der Waals surface area contributed by atoms with Crippen molar-refractivity contribution in [1.82, 2.24) is 15.5 Å². The van der Waals surface area contributed by atoms with Crippen molar-refractivity contribution in [2.45, 2.75) is 26.3 Å². The zero-order chi connectivity index (χ0) is 13.8. The molecule has 0 aliphatic heterocycles. The average molecular weight is 261 g/mol. The Kier molecular flexibility index (Phi) is 4.16. The summed E-state index contributed by atoms with van der Waals surface area (Å²) in [5, 5.41) is 20.0. The fraction of sp³-hybridized carbons (Fsp3) is 0.429. The summed E-state index contributed by atoms with van der Waals surface area (Å²) in [5.41, 5.74) is 1.68. The maximum absolute atomic E-state index is 11.9. The van der Waals surface area contributed by atoms with E-state index in [0.717, 1.165) is 16.6 Å². The van der Waals surface area contributed by atoms with E-state index in [4.69, 9.17) is 5.11 Å². The minimum atomic E-state index is -0.0674. The van der Waals surface area contributed by atoms with Crippen LogP contribution in [0.3, 0.4) is 0 Å². The third-order valence-electron chi connectivity index (χ3n) is 3.41. The molecule has 0 bridgehead atoms. The van der Waals surface area contributed by atoms with Crippen molar-refractivity contribution in [3.05, 3.63) is 30.0 Å². The van der Waals surface area contributed by atoms with Gasteiger partial charge in [-0.05, 0) is 18.9 Å². The molecule has 1 aromatic carbocycles. The van der Waals surface area contributed by atoms with Crippen LogP contribution in [0.15, 0.2) is 24.3 Å². The van der Waals surface area contributed by atoms with Gasteiger partial charge >= 0.3 is 0 Å². The summed E-state index contributed by atoms with van der Waals surface area (Å²) in [5.74, 6) is -0.0235. The van der Waals surface area contributed by atoms with Gasteiger partial charge in [-0.25, -0.2) is 0 Å². The second-order valence-electron chi connectivity index (χ2n) is 4.91. The van der Waals surface area contributed by atoms with E-state index in [0.29, 0.717) is 0 Å². The summed E-state index contributed by atoms with van der Waals surface area (Å²) >= 11 is 0.